The van der Waals surface area contributed by atoms with Crippen molar-refractivity contribution < 1.29 is 54.5 Å². The molecule has 1 N–H and O–H groups in total. The fraction of sp³-hybridized carbons (Fsp3) is 0.367. The Balaban J connectivity index is 1.43. The fourth-order valence-corrected chi connectivity index (χ4v) is 6.21. The van der Waals surface area contributed by atoms with Gasteiger partial charge in [0.1, 0.15) is 27.4 Å². The first-order valence-corrected chi connectivity index (χ1v) is 15.5. The maximum Gasteiger partial charge on any atom is 0.417 e. The van der Waals surface area contributed by atoms with Crippen molar-refractivity contribution in [3.05, 3.63) is 76.4 Å². The number of benzene rings is 3. The van der Waals surface area contributed by atoms with Crippen molar-refractivity contribution in [1.82, 2.24) is 0 Å². The van der Waals surface area contributed by atoms with E-state index in [1.165, 1.54) is 6.07 Å². The lowest BCUT2D eigenvalue weighted by Gasteiger charge is -2.20. The van der Waals surface area contributed by atoms with Crippen molar-refractivity contribution in [2.24, 2.45) is 0 Å². The van der Waals surface area contributed by atoms with Gasteiger partial charge in [-0.25, -0.2) is 17.2 Å². The third-order valence-electron chi connectivity index (χ3n) is 7.42. The molecule has 0 radical (unpaired) electrons. The van der Waals surface area contributed by atoms with Crippen LogP contribution in [0.1, 0.15) is 53.5 Å². The minimum absolute atomic E-state index is 0.0233. The molecule has 2 atom stereocenters. The van der Waals surface area contributed by atoms with Gasteiger partial charge in [-0.3, -0.25) is 4.79 Å². The van der Waals surface area contributed by atoms with E-state index < -0.39 is 51.0 Å². The van der Waals surface area contributed by atoms with Crippen LogP contribution >= 0.6 is 0 Å². The molecule has 1 aliphatic heterocycles. The van der Waals surface area contributed by atoms with E-state index in [0.29, 0.717) is 23.5 Å². The van der Waals surface area contributed by atoms with Crippen LogP contribution in [0.25, 0.3) is 11.1 Å². The molecule has 3 aromatic carbocycles. The Labute approximate surface area is 244 Å². The van der Waals surface area contributed by atoms with E-state index >= 15 is 0 Å². The number of rotatable bonds is 10. The Kier molecular flexibility index (Phi) is 8.30. The van der Waals surface area contributed by atoms with Crippen LogP contribution in [0.3, 0.4) is 0 Å². The average molecular weight is 627 g/mol. The van der Waals surface area contributed by atoms with Gasteiger partial charge in [-0.05, 0) is 65.8 Å². The first-order valence-electron chi connectivity index (χ1n) is 13.4. The first-order chi connectivity index (χ1) is 20.2. The molecule has 0 amide bonds. The lowest BCUT2D eigenvalue weighted by atomic mass is 9.91. The van der Waals surface area contributed by atoms with Crippen molar-refractivity contribution in [3.63, 3.8) is 0 Å². The second-order valence-electron chi connectivity index (χ2n) is 10.6. The van der Waals surface area contributed by atoms with Gasteiger partial charge in [0.25, 0.3) is 0 Å². The summed E-state index contributed by atoms with van der Waals surface area (Å²) in [4.78, 5) is 11.1. The predicted molar refractivity (Wildman–Crippen MR) is 145 cm³/mol. The van der Waals surface area contributed by atoms with Gasteiger partial charge in [0.05, 0.1) is 31.0 Å². The highest BCUT2D eigenvalue weighted by Crippen LogP contribution is 2.47. The highest BCUT2D eigenvalue weighted by atomic mass is 32.2. The maximum absolute atomic E-state index is 15.0. The fourth-order valence-electron chi connectivity index (χ4n) is 5.57. The number of carboxylic acids is 1. The van der Waals surface area contributed by atoms with E-state index in [2.05, 4.69) is 0 Å². The molecule has 43 heavy (non-hydrogen) atoms. The van der Waals surface area contributed by atoms with Gasteiger partial charge < -0.3 is 19.3 Å². The molecule has 1 unspecified atom stereocenters. The van der Waals surface area contributed by atoms with Crippen molar-refractivity contribution in [3.8, 4) is 28.4 Å². The number of hydrogen-bond donors (Lipinski definition) is 1. The molecule has 0 aromatic heterocycles. The second-order valence-corrected chi connectivity index (χ2v) is 12.9. The van der Waals surface area contributed by atoms with Crippen LogP contribution in [0, 0.1) is 11.6 Å². The van der Waals surface area contributed by atoms with Crippen LogP contribution < -0.4 is 14.2 Å². The van der Waals surface area contributed by atoms with E-state index in [1.807, 2.05) is 0 Å². The highest BCUT2D eigenvalue weighted by molar-refractivity contribution is 7.90. The summed E-state index contributed by atoms with van der Waals surface area (Å²) in [6.07, 6.45) is -4.13. The number of sulfone groups is 1. The van der Waals surface area contributed by atoms with Gasteiger partial charge in [0.15, 0.2) is 17.4 Å². The molecule has 0 fully saturated rings. The van der Waals surface area contributed by atoms with Crippen LogP contribution in [0.2, 0.25) is 0 Å². The SMILES string of the molecule is CS(=O)(=O)CCCOc1c(F)cc(-c2c(C(F)(F)F)ccc3c2CC[C@H]3Oc2ccc3c(c2)OCC3CC(=O)O)cc1F. The molecule has 0 bridgehead atoms. The molecular formula is C30H27F5O7S. The summed E-state index contributed by atoms with van der Waals surface area (Å²) in [5, 5.41) is 9.11. The Morgan fingerprint density at radius 3 is 2.42 bits per heavy atom. The number of halogens is 5. The monoisotopic (exact) mass is 626 g/mol. The van der Waals surface area contributed by atoms with Gasteiger partial charge in [0.2, 0.25) is 0 Å². The number of carboxylic acid groups (broad SMARTS) is 1. The van der Waals surface area contributed by atoms with Crippen LogP contribution in [-0.2, 0) is 27.2 Å². The minimum atomic E-state index is -4.82. The van der Waals surface area contributed by atoms with Gasteiger partial charge in [-0.2, -0.15) is 13.2 Å². The number of fused-ring (bicyclic) bond motifs is 2. The Morgan fingerprint density at radius 1 is 1.07 bits per heavy atom. The van der Waals surface area contributed by atoms with Crippen LogP contribution in [0.5, 0.6) is 17.2 Å². The summed E-state index contributed by atoms with van der Waals surface area (Å²) in [6, 6.07) is 8.68. The smallest absolute Gasteiger partial charge is 0.417 e. The third kappa shape index (κ3) is 6.71. The van der Waals surface area contributed by atoms with Gasteiger partial charge in [0, 0.05) is 23.8 Å². The van der Waals surface area contributed by atoms with Crippen LogP contribution in [0.15, 0.2) is 42.5 Å². The second kappa shape index (κ2) is 11.7. The molecule has 7 nitrogen and oxygen atoms in total. The van der Waals surface area contributed by atoms with Crippen molar-refractivity contribution in [2.45, 2.75) is 43.9 Å². The Hall–Kier alpha value is -3.87. The third-order valence-corrected chi connectivity index (χ3v) is 8.45. The lowest BCUT2D eigenvalue weighted by molar-refractivity contribution is -0.138. The zero-order valence-electron chi connectivity index (χ0n) is 22.8. The summed E-state index contributed by atoms with van der Waals surface area (Å²) in [6.45, 7) is -0.0969. The molecule has 1 aliphatic carbocycles. The van der Waals surface area contributed by atoms with Crippen molar-refractivity contribution in [2.75, 3.05) is 25.2 Å². The van der Waals surface area contributed by atoms with Crippen molar-refractivity contribution in [1.29, 1.82) is 0 Å². The molecule has 0 spiro atoms. The molecule has 1 heterocycles. The quantitative estimate of drug-likeness (QED) is 0.203. The maximum atomic E-state index is 15.0. The predicted octanol–water partition coefficient (Wildman–Crippen LogP) is 6.48. The Bertz CT molecular complexity index is 1650. The Morgan fingerprint density at radius 2 is 1.77 bits per heavy atom. The van der Waals surface area contributed by atoms with Gasteiger partial charge >= 0.3 is 12.1 Å². The van der Waals surface area contributed by atoms with Crippen molar-refractivity contribution >= 4 is 15.8 Å². The number of alkyl halides is 3. The topological polar surface area (TPSA) is 99.1 Å². The summed E-state index contributed by atoms with van der Waals surface area (Å²) in [5.74, 6) is -3.90. The molecule has 5 rings (SSSR count). The largest absolute Gasteiger partial charge is 0.492 e. The molecule has 230 valence electrons. The number of hydrogen-bond acceptors (Lipinski definition) is 6. The normalized spacial score (nSPS) is 17.7. The molecular weight excluding hydrogens is 599 g/mol. The van der Waals surface area contributed by atoms with E-state index in [0.717, 1.165) is 30.0 Å². The number of ether oxygens (including phenoxy) is 3. The van der Waals surface area contributed by atoms with Gasteiger partial charge in [-0.15, -0.1) is 0 Å². The molecule has 2 aliphatic rings. The van der Waals surface area contributed by atoms with Crippen LogP contribution in [0.4, 0.5) is 22.0 Å². The summed E-state index contributed by atoms with van der Waals surface area (Å²) in [7, 11) is -3.31. The first kappa shape index (κ1) is 30.6. The van der Waals surface area contributed by atoms with Crippen LogP contribution in [-0.4, -0.2) is 44.7 Å². The molecule has 0 saturated carbocycles. The summed E-state index contributed by atoms with van der Waals surface area (Å²) < 4.78 is 112. The average Bonchev–Trinajstić information content (AvgIpc) is 3.49. The zero-order chi connectivity index (χ0) is 31.1. The lowest BCUT2D eigenvalue weighted by Crippen LogP contribution is -2.11. The van der Waals surface area contributed by atoms with E-state index in [9.17, 15) is 35.2 Å². The van der Waals surface area contributed by atoms with E-state index in [1.54, 1.807) is 18.2 Å². The number of carbonyl (C=O) groups is 1. The minimum Gasteiger partial charge on any atom is -0.492 e. The van der Waals surface area contributed by atoms with Gasteiger partial charge in [-0.1, -0.05) is 12.1 Å². The van der Waals surface area contributed by atoms with E-state index in [4.69, 9.17) is 19.3 Å². The zero-order valence-corrected chi connectivity index (χ0v) is 23.7. The summed E-state index contributed by atoms with van der Waals surface area (Å²) in [5.41, 5.74) is -0.312. The van der Waals surface area contributed by atoms with E-state index in [-0.39, 0.29) is 60.8 Å². The number of aliphatic carboxylic acids is 1. The molecule has 0 saturated heterocycles. The molecule has 3 aromatic rings. The summed E-state index contributed by atoms with van der Waals surface area (Å²) >= 11 is 0. The highest BCUT2D eigenvalue weighted by Gasteiger charge is 2.38. The standard InChI is InChI=1S/C30H27F5O7S/c1-43(38,39)10-2-9-40-29-23(31)11-16(12-24(29)32)28-21-6-8-25(20(21)5-7-22(28)30(33,34)35)42-18-3-4-19-17(13-27(36)37)15-41-26(19)14-18/h3-5,7,11-12,14,17,25H,2,6,8-10,13,15H2,1H3,(H,36,37)/t17?,25-/m1/s1. The molecule has 13 heteroatoms.